The fourth-order valence-corrected chi connectivity index (χ4v) is 9.24. The molecule has 0 aliphatic carbocycles. The Morgan fingerprint density at radius 1 is 0.302 bits per heavy atom. The van der Waals surface area contributed by atoms with Gasteiger partial charge in [-0.25, -0.2) is 15.0 Å². The number of rotatable bonds is 7. The van der Waals surface area contributed by atoms with Gasteiger partial charge in [-0.1, -0.05) is 194 Å². The summed E-state index contributed by atoms with van der Waals surface area (Å²) in [5.41, 5.74) is 15.7. The van der Waals surface area contributed by atoms with Crippen LogP contribution < -0.4 is 0 Å². The van der Waals surface area contributed by atoms with Gasteiger partial charge in [-0.05, 0) is 58.5 Å². The number of aromatic nitrogens is 4. The van der Waals surface area contributed by atoms with Crippen molar-refractivity contribution in [1.29, 1.82) is 0 Å². The third-order valence-corrected chi connectivity index (χ3v) is 12.2. The maximum Gasteiger partial charge on any atom is 0.160 e. The summed E-state index contributed by atoms with van der Waals surface area (Å²) in [5.74, 6) is 0.692. The number of para-hydroxylation sites is 3. The number of hydrogen-bond acceptors (Lipinski definition) is 3. The summed E-state index contributed by atoms with van der Waals surface area (Å²) < 4.78 is 2.38. The van der Waals surface area contributed by atoms with Crippen LogP contribution in [0.2, 0.25) is 0 Å². The quantitative estimate of drug-likeness (QED) is 0.151. The molecule has 12 aromatic rings. The maximum atomic E-state index is 5.66. The lowest BCUT2D eigenvalue weighted by Gasteiger charge is -2.15. The highest BCUT2D eigenvalue weighted by atomic mass is 15.0. The molecule has 9 aromatic carbocycles. The molecule has 0 atom stereocenters. The molecule has 4 nitrogen and oxygen atoms in total. The highest BCUT2D eigenvalue weighted by Gasteiger charge is 2.21. The smallest absolute Gasteiger partial charge is 0.160 e. The van der Waals surface area contributed by atoms with Gasteiger partial charge in [0.25, 0.3) is 0 Å². The van der Waals surface area contributed by atoms with Crippen molar-refractivity contribution in [3.8, 4) is 73.1 Å². The van der Waals surface area contributed by atoms with E-state index in [1.54, 1.807) is 0 Å². The summed E-state index contributed by atoms with van der Waals surface area (Å²) in [6.07, 6.45) is 0. The van der Waals surface area contributed by atoms with Crippen LogP contribution in [0.25, 0.3) is 117 Å². The van der Waals surface area contributed by atoms with Crippen molar-refractivity contribution >= 4 is 43.5 Å². The van der Waals surface area contributed by atoms with E-state index in [1.807, 2.05) is 24.3 Å². The molecule has 0 radical (unpaired) electrons. The standard InChI is InChI=1S/C59H38N4/c1-5-17-39(18-6-1)44-23-15-24-45(37-44)52-38-51(60-59(61-52)43-21-9-3-10-22-43)41-33-31-40(32-34-41)47-28-16-29-49-48-35-36-54-55(56(48)57(62-58(47)49)42-19-7-2-8-20-42)50-27-13-14-30-53(50)63(54)46-25-11-4-12-26-46/h1-38H. The normalized spacial score (nSPS) is 11.5. The molecular weight excluding hydrogens is 765 g/mol. The summed E-state index contributed by atoms with van der Waals surface area (Å²) in [6.45, 7) is 0. The van der Waals surface area contributed by atoms with Crippen molar-refractivity contribution < 1.29 is 0 Å². The van der Waals surface area contributed by atoms with E-state index in [1.165, 1.54) is 27.2 Å². The van der Waals surface area contributed by atoms with Crippen LogP contribution in [-0.4, -0.2) is 19.5 Å². The van der Waals surface area contributed by atoms with Crippen LogP contribution in [0.4, 0.5) is 0 Å². The SMILES string of the molecule is c1ccc(-c2cccc(-c3cc(-c4ccc(-c5cccc6c5nc(-c5ccccc5)c5c6ccc6c5c5ccccc5n6-c5ccccc5)cc4)nc(-c4ccccc4)n3)c2)cc1. The minimum Gasteiger partial charge on any atom is -0.309 e. The Balaban J connectivity index is 1.02. The average molecular weight is 803 g/mol. The zero-order chi connectivity index (χ0) is 41.7. The van der Waals surface area contributed by atoms with Crippen molar-refractivity contribution in [3.05, 3.63) is 231 Å². The van der Waals surface area contributed by atoms with Crippen LogP contribution in [0, 0.1) is 0 Å². The first-order valence-electron chi connectivity index (χ1n) is 21.4. The monoisotopic (exact) mass is 802 g/mol. The van der Waals surface area contributed by atoms with E-state index < -0.39 is 0 Å². The predicted octanol–water partition coefficient (Wildman–Crippen LogP) is 15.3. The highest BCUT2D eigenvalue weighted by Crippen LogP contribution is 2.44. The van der Waals surface area contributed by atoms with E-state index in [0.717, 1.165) is 83.5 Å². The van der Waals surface area contributed by atoms with Crippen LogP contribution in [-0.2, 0) is 0 Å². The van der Waals surface area contributed by atoms with Crippen LogP contribution in [0.5, 0.6) is 0 Å². The minimum atomic E-state index is 0.692. The zero-order valence-electron chi connectivity index (χ0n) is 34.2. The van der Waals surface area contributed by atoms with Gasteiger partial charge in [-0.15, -0.1) is 0 Å². The average Bonchev–Trinajstić information content (AvgIpc) is 3.71. The van der Waals surface area contributed by atoms with Gasteiger partial charge in [-0.2, -0.15) is 0 Å². The van der Waals surface area contributed by atoms with Crippen molar-refractivity contribution in [2.24, 2.45) is 0 Å². The fraction of sp³-hybridized carbons (Fsp3) is 0. The molecule has 0 bridgehead atoms. The van der Waals surface area contributed by atoms with E-state index in [0.29, 0.717) is 5.82 Å². The lowest BCUT2D eigenvalue weighted by Crippen LogP contribution is -1.96. The molecule has 0 unspecified atom stereocenters. The van der Waals surface area contributed by atoms with Gasteiger partial charge in [0, 0.05) is 55.0 Å². The molecule has 0 N–H and O–H groups in total. The molecule has 0 fully saturated rings. The zero-order valence-corrected chi connectivity index (χ0v) is 34.2. The van der Waals surface area contributed by atoms with Gasteiger partial charge in [0.15, 0.2) is 5.82 Å². The number of nitrogens with zero attached hydrogens (tertiary/aromatic N) is 4. The molecule has 4 heteroatoms. The third kappa shape index (κ3) is 6.36. The molecular formula is C59H38N4. The predicted molar refractivity (Wildman–Crippen MR) is 262 cm³/mol. The van der Waals surface area contributed by atoms with Gasteiger partial charge < -0.3 is 4.57 Å². The molecule has 0 spiro atoms. The molecule has 63 heavy (non-hydrogen) atoms. The first kappa shape index (κ1) is 36.4. The molecule has 3 aromatic heterocycles. The van der Waals surface area contributed by atoms with Crippen molar-refractivity contribution in [2.45, 2.75) is 0 Å². The Morgan fingerprint density at radius 3 is 1.62 bits per heavy atom. The van der Waals surface area contributed by atoms with E-state index in [2.05, 4.69) is 211 Å². The molecule has 0 saturated carbocycles. The topological polar surface area (TPSA) is 43.6 Å². The highest BCUT2D eigenvalue weighted by molar-refractivity contribution is 6.29. The Morgan fingerprint density at radius 2 is 0.873 bits per heavy atom. The second kappa shape index (κ2) is 15.2. The summed E-state index contributed by atoms with van der Waals surface area (Å²) in [6, 6.07) is 81.4. The van der Waals surface area contributed by atoms with E-state index in [9.17, 15) is 0 Å². The summed E-state index contributed by atoms with van der Waals surface area (Å²) in [5, 5.41) is 5.88. The number of fused-ring (bicyclic) bond motifs is 7. The lowest BCUT2D eigenvalue weighted by molar-refractivity contribution is 1.18. The molecule has 294 valence electrons. The Hall–Kier alpha value is -8.47. The summed E-state index contributed by atoms with van der Waals surface area (Å²) in [4.78, 5) is 15.9. The molecule has 0 saturated heterocycles. The van der Waals surface area contributed by atoms with Crippen LogP contribution >= 0.6 is 0 Å². The largest absolute Gasteiger partial charge is 0.309 e. The van der Waals surface area contributed by atoms with Gasteiger partial charge in [-0.3, -0.25) is 0 Å². The van der Waals surface area contributed by atoms with Crippen LogP contribution in [0.1, 0.15) is 0 Å². The van der Waals surface area contributed by atoms with Crippen molar-refractivity contribution in [2.75, 3.05) is 0 Å². The molecule has 12 rings (SSSR count). The first-order valence-corrected chi connectivity index (χ1v) is 21.4. The maximum absolute atomic E-state index is 5.66. The summed E-state index contributed by atoms with van der Waals surface area (Å²) >= 11 is 0. The Kier molecular flexibility index (Phi) is 8.79. The van der Waals surface area contributed by atoms with E-state index in [-0.39, 0.29) is 0 Å². The molecule has 0 aliphatic rings. The molecule has 0 aliphatic heterocycles. The minimum absolute atomic E-state index is 0.692. The van der Waals surface area contributed by atoms with E-state index >= 15 is 0 Å². The third-order valence-electron chi connectivity index (χ3n) is 12.2. The second-order valence-corrected chi connectivity index (χ2v) is 16.0. The van der Waals surface area contributed by atoms with Crippen LogP contribution in [0.15, 0.2) is 231 Å². The number of benzene rings is 9. The van der Waals surface area contributed by atoms with Crippen molar-refractivity contribution in [1.82, 2.24) is 19.5 Å². The van der Waals surface area contributed by atoms with Gasteiger partial charge in [0.2, 0.25) is 0 Å². The van der Waals surface area contributed by atoms with Gasteiger partial charge >= 0.3 is 0 Å². The van der Waals surface area contributed by atoms with Crippen LogP contribution in [0.3, 0.4) is 0 Å². The summed E-state index contributed by atoms with van der Waals surface area (Å²) in [7, 11) is 0. The Labute approximate surface area is 365 Å². The van der Waals surface area contributed by atoms with Gasteiger partial charge in [0.05, 0.1) is 33.6 Å². The first-order chi connectivity index (χ1) is 31.2. The lowest BCUT2D eigenvalue weighted by atomic mass is 9.93. The van der Waals surface area contributed by atoms with E-state index in [4.69, 9.17) is 15.0 Å². The number of hydrogen-bond donors (Lipinski definition) is 0. The van der Waals surface area contributed by atoms with Crippen molar-refractivity contribution in [3.63, 3.8) is 0 Å². The second-order valence-electron chi connectivity index (χ2n) is 16.0. The van der Waals surface area contributed by atoms with Gasteiger partial charge in [0.1, 0.15) is 0 Å². The fourth-order valence-electron chi connectivity index (χ4n) is 9.24. The molecule has 3 heterocycles. The molecule has 0 amide bonds. The number of pyridine rings is 1. The Bertz CT molecular complexity index is 3640.